The van der Waals surface area contributed by atoms with Gasteiger partial charge in [-0.05, 0) is 56.4 Å². The van der Waals surface area contributed by atoms with Crippen LogP contribution in [0.3, 0.4) is 0 Å². The van der Waals surface area contributed by atoms with E-state index in [9.17, 15) is 23.1 Å². The summed E-state index contributed by atoms with van der Waals surface area (Å²) in [7, 11) is -2.50. The largest absolute Gasteiger partial charge is 0.469 e. The molecule has 1 heterocycles. The van der Waals surface area contributed by atoms with E-state index in [1.54, 1.807) is 6.92 Å². The summed E-state index contributed by atoms with van der Waals surface area (Å²) in [6.45, 7) is 5.77. The van der Waals surface area contributed by atoms with Crippen molar-refractivity contribution >= 4 is 22.1 Å². The quantitative estimate of drug-likeness (QED) is 0.397. The molecule has 30 heavy (non-hydrogen) atoms. The Morgan fingerprint density at radius 3 is 2.63 bits per heavy atom. The Kier molecular flexibility index (Phi) is 3.86. The zero-order chi connectivity index (χ0) is 21.9. The highest BCUT2D eigenvalue weighted by molar-refractivity contribution is 7.86. The van der Waals surface area contributed by atoms with Gasteiger partial charge in [-0.1, -0.05) is 6.58 Å². The Labute approximate surface area is 176 Å². The Morgan fingerprint density at radius 1 is 1.30 bits per heavy atom. The van der Waals surface area contributed by atoms with Crippen molar-refractivity contribution in [2.24, 2.45) is 28.6 Å². The summed E-state index contributed by atoms with van der Waals surface area (Å²) in [6, 6.07) is 0. The molecule has 2 unspecified atom stereocenters. The average Bonchev–Trinajstić information content (AvgIpc) is 3.06. The fourth-order valence-corrected chi connectivity index (χ4v) is 8.82. The molecule has 8 atom stereocenters. The first-order chi connectivity index (χ1) is 13.8. The molecule has 8 nitrogen and oxygen atoms in total. The molecule has 4 bridgehead atoms. The molecule has 0 radical (unpaired) electrons. The predicted molar refractivity (Wildman–Crippen MR) is 103 cm³/mol. The third-order valence-electron chi connectivity index (χ3n) is 9.01. The van der Waals surface area contributed by atoms with Crippen LogP contribution in [-0.4, -0.2) is 56.1 Å². The van der Waals surface area contributed by atoms with Crippen molar-refractivity contribution in [3.05, 3.63) is 12.2 Å². The van der Waals surface area contributed by atoms with Gasteiger partial charge >= 0.3 is 11.9 Å². The number of carbonyl (C=O) groups is 2. The number of methoxy groups -OCH3 is 1. The summed E-state index contributed by atoms with van der Waals surface area (Å²) in [5, 5.41) is 11.2. The van der Waals surface area contributed by atoms with Crippen molar-refractivity contribution in [1.82, 2.24) is 0 Å². The van der Waals surface area contributed by atoms with Gasteiger partial charge in [0.1, 0.15) is 11.0 Å². The molecule has 0 amide bonds. The van der Waals surface area contributed by atoms with E-state index in [1.807, 2.05) is 0 Å². The van der Waals surface area contributed by atoms with Gasteiger partial charge in [0.05, 0.1) is 31.0 Å². The molecule has 1 spiro atoms. The first-order valence-corrected chi connectivity index (χ1v) is 12.3. The Bertz CT molecular complexity index is 973. The van der Waals surface area contributed by atoms with Crippen LogP contribution in [0.15, 0.2) is 12.2 Å². The molecule has 4 saturated carbocycles. The summed E-state index contributed by atoms with van der Waals surface area (Å²) in [5.74, 6) is -2.37. The lowest BCUT2D eigenvalue weighted by Crippen LogP contribution is -2.54. The molecule has 0 aromatic heterocycles. The molecule has 5 rings (SSSR count). The predicted octanol–water partition coefficient (Wildman–Crippen LogP) is 1.32. The normalized spacial score (nSPS) is 51.3. The summed E-state index contributed by atoms with van der Waals surface area (Å²) >= 11 is 0. The Morgan fingerprint density at radius 2 is 2.00 bits per heavy atom. The van der Waals surface area contributed by atoms with E-state index in [0.29, 0.717) is 44.1 Å². The minimum absolute atomic E-state index is 0.122. The lowest BCUT2D eigenvalue weighted by atomic mass is 9.59. The first-order valence-electron chi connectivity index (χ1n) is 10.4. The number of carbonyl (C=O) groups excluding carboxylic acids is 2. The molecule has 0 aromatic rings. The summed E-state index contributed by atoms with van der Waals surface area (Å²) in [5.41, 5.74) is -3.11. The number of hydrogen-bond acceptors (Lipinski definition) is 8. The van der Waals surface area contributed by atoms with Crippen LogP contribution in [0.2, 0.25) is 0 Å². The van der Waals surface area contributed by atoms with Crippen LogP contribution >= 0.6 is 0 Å². The lowest BCUT2D eigenvalue weighted by molar-refractivity contribution is -0.164. The smallest absolute Gasteiger partial charge is 0.315 e. The number of fused-ring (bicyclic) bond motifs is 1. The van der Waals surface area contributed by atoms with Crippen LogP contribution < -0.4 is 0 Å². The number of esters is 2. The highest BCUT2D eigenvalue weighted by atomic mass is 32.2. The molecule has 166 valence electrons. The molecule has 1 saturated heterocycles. The number of ether oxygens (including phenoxy) is 2. The highest BCUT2D eigenvalue weighted by Gasteiger charge is 2.84. The van der Waals surface area contributed by atoms with Gasteiger partial charge in [0.15, 0.2) is 0 Å². The van der Waals surface area contributed by atoms with Gasteiger partial charge in [-0.3, -0.25) is 13.8 Å². The van der Waals surface area contributed by atoms with Crippen molar-refractivity contribution in [2.45, 2.75) is 62.8 Å². The van der Waals surface area contributed by atoms with Gasteiger partial charge in [0, 0.05) is 11.8 Å². The number of hydrogen-bond donors (Lipinski definition) is 1. The van der Waals surface area contributed by atoms with E-state index >= 15 is 0 Å². The second-order valence-corrected chi connectivity index (χ2v) is 11.8. The van der Waals surface area contributed by atoms with E-state index in [1.165, 1.54) is 7.11 Å². The minimum Gasteiger partial charge on any atom is -0.469 e. The molecule has 0 aromatic carbocycles. The van der Waals surface area contributed by atoms with Crippen molar-refractivity contribution in [3.8, 4) is 0 Å². The van der Waals surface area contributed by atoms with Crippen LogP contribution in [0.5, 0.6) is 0 Å². The van der Waals surface area contributed by atoms with E-state index in [2.05, 4.69) is 6.58 Å². The Hall–Kier alpha value is -1.45. The molecular weight excluding hydrogens is 412 g/mol. The van der Waals surface area contributed by atoms with Gasteiger partial charge in [-0.25, -0.2) is 0 Å². The summed E-state index contributed by atoms with van der Waals surface area (Å²) < 4.78 is 40.6. The lowest BCUT2D eigenvalue weighted by Gasteiger charge is -2.46. The average molecular weight is 441 g/mol. The van der Waals surface area contributed by atoms with E-state index < -0.39 is 62.0 Å². The van der Waals surface area contributed by atoms with Crippen molar-refractivity contribution in [2.75, 3.05) is 13.4 Å². The zero-order valence-corrected chi connectivity index (χ0v) is 18.3. The van der Waals surface area contributed by atoms with Gasteiger partial charge in [0.2, 0.25) is 0 Å². The van der Waals surface area contributed by atoms with Crippen molar-refractivity contribution in [1.29, 1.82) is 0 Å². The van der Waals surface area contributed by atoms with Crippen LogP contribution in [0.25, 0.3) is 0 Å². The molecule has 5 aliphatic rings. The van der Waals surface area contributed by atoms with Gasteiger partial charge in [0.25, 0.3) is 10.1 Å². The summed E-state index contributed by atoms with van der Waals surface area (Å²) in [4.78, 5) is 26.4. The van der Waals surface area contributed by atoms with Gasteiger partial charge < -0.3 is 14.6 Å². The standard InChI is InChI=1S/C21H28O8S/c1-11-9-19-10-20(11,24)7-5-12(19)21-8-6-13(29-30(4,25)26)18(2,17(23)28-21)15(21)14(19)16(22)27-3/h12-15,24H,1,5-10H2,2-4H3/t12?,13-,14+,15?,18-,19-,20-,21+/m0/s1. The molecule has 1 aliphatic heterocycles. The fraction of sp³-hybridized carbons (Fsp3) is 0.810. The second kappa shape index (κ2) is 5.66. The molecular formula is C21H28O8S. The molecule has 9 heteroatoms. The van der Waals surface area contributed by atoms with Crippen LogP contribution in [0.4, 0.5) is 0 Å². The van der Waals surface area contributed by atoms with Crippen LogP contribution in [0, 0.1) is 28.6 Å². The zero-order valence-electron chi connectivity index (χ0n) is 17.5. The maximum Gasteiger partial charge on any atom is 0.315 e. The second-order valence-electron chi connectivity index (χ2n) is 10.2. The molecule has 5 fully saturated rings. The maximum absolute atomic E-state index is 13.2. The third-order valence-corrected chi connectivity index (χ3v) is 9.59. The number of aliphatic hydroxyl groups is 1. The van der Waals surface area contributed by atoms with Gasteiger partial charge in [-0.15, -0.1) is 0 Å². The monoisotopic (exact) mass is 440 g/mol. The SMILES string of the molecule is C=C1C[C@]23C[C@@]1(O)CCC2[C@@]12CC[C@H](OS(C)(=O)=O)[C@](C)(C(=O)O1)C2[C@@H]3C(=O)OC. The minimum atomic E-state index is -3.82. The molecule has 1 N–H and O–H groups in total. The molecule has 4 aliphatic carbocycles. The Balaban J connectivity index is 1.71. The third kappa shape index (κ3) is 2.16. The topological polar surface area (TPSA) is 116 Å². The first kappa shape index (κ1) is 20.5. The van der Waals surface area contributed by atoms with Crippen LogP contribution in [-0.2, 0) is 33.4 Å². The van der Waals surface area contributed by atoms with Crippen molar-refractivity contribution in [3.63, 3.8) is 0 Å². The van der Waals surface area contributed by atoms with E-state index in [4.69, 9.17) is 13.7 Å². The van der Waals surface area contributed by atoms with E-state index in [-0.39, 0.29) is 5.92 Å². The maximum atomic E-state index is 13.2. The fourth-order valence-electron chi connectivity index (χ4n) is 8.10. The summed E-state index contributed by atoms with van der Waals surface area (Å²) in [6.07, 6.45) is 2.79. The van der Waals surface area contributed by atoms with E-state index in [0.717, 1.165) is 6.26 Å². The van der Waals surface area contributed by atoms with Crippen LogP contribution in [0.1, 0.15) is 45.4 Å². The highest BCUT2D eigenvalue weighted by Crippen LogP contribution is 2.78. The van der Waals surface area contributed by atoms with Crippen molar-refractivity contribution < 1.29 is 36.8 Å². The number of rotatable bonds is 3. The van der Waals surface area contributed by atoms with Gasteiger partial charge in [-0.2, -0.15) is 8.42 Å².